The maximum Gasteiger partial charge on any atom is 0.253 e. The van der Waals surface area contributed by atoms with Crippen LogP contribution >= 0.6 is 11.8 Å². The van der Waals surface area contributed by atoms with Gasteiger partial charge in [-0.3, -0.25) is 4.79 Å². The molecule has 1 amide bonds. The average Bonchev–Trinajstić information content (AvgIpc) is 2.86. The summed E-state index contributed by atoms with van der Waals surface area (Å²) in [6.45, 7) is 4.72. The van der Waals surface area contributed by atoms with E-state index in [1.165, 1.54) is 4.31 Å². The van der Waals surface area contributed by atoms with E-state index in [4.69, 9.17) is 4.52 Å². The molecule has 28 heavy (non-hydrogen) atoms. The number of nitrogens with zero attached hydrogens (tertiary/aromatic N) is 3. The number of sulfonamides is 1. The summed E-state index contributed by atoms with van der Waals surface area (Å²) in [5, 5.41) is 3.76. The molecule has 0 radical (unpaired) electrons. The molecule has 1 aromatic heterocycles. The van der Waals surface area contributed by atoms with Crippen LogP contribution in [0.2, 0.25) is 0 Å². The summed E-state index contributed by atoms with van der Waals surface area (Å²) >= 11 is 1.71. The van der Waals surface area contributed by atoms with E-state index >= 15 is 0 Å². The van der Waals surface area contributed by atoms with Gasteiger partial charge in [0.1, 0.15) is 10.6 Å². The first-order chi connectivity index (χ1) is 13.3. The quantitative estimate of drug-likeness (QED) is 0.735. The predicted octanol–water partition coefficient (Wildman–Crippen LogP) is 2.69. The van der Waals surface area contributed by atoms with Gasteiger partial charge in [0.2, 0.25) is 10.0 Å². The van der Waals surface area contributed by atoms with E-state index in [0.29, 0.717) is 43.1 Å². The summed E-state index contributed by atoms with van der Waals surface area (Å²) in [6, 6.07) is 7.63. The lowest BCUT2D eigenvalue weighted by atomic mass is 10.1. The molecule has 0 saturated carbocycles. The molecular weight excluding hydrogens is 398 g/mol. The van der Waals surface area contributed by atoms with E-state index in [9.17, 15) is 13.2 Å². The maximum atomic E-state index is 13.0. The van der Waals surface area contributed by atoms with Crippen molar-refractivity contribution < 1.29 is 17.7 Å². The first-order valence-electron chi connectivity index (χ1n) is 9.14. The number of amides is 1. The summed E-state index contributed by atoms with van der Waals surface area (Å²) < 4.78 is 32.5. The summed E-state index contributed by atoms with van der Waals surface area (Å²) in [6.07, 6.45) is 2.61. The van der Waals surface area contributed by atoms with E-state index in [1.807, 2.05) is 30.5 Å². The smallest absolute Gasteiger partial charge is 0.253 e. The lowest BCUT2D eigenvalue weighted by Crippen LogP contribution is -2.37. The van der Waals surface area contributed by atoms with Gasteiger partial charge in [-0.1, -0.05) is 17.3 Å². The number of aromatic nitrogens is 1. The fourth-order valence-corrected chi connectivity index (χ4v) is 5.73. The highest BCUT2D eigenvalue weighted by Gasteiger charge is 2.33. The molecule has 0 bridgehead atoms. The fraction of sp³-hybridized carbons (Fsp3) is 0.474. The van der Waals surface area contributed by atoms with Gasteiger partial charge in [-0.25, -0.2) is 8.42 Å². The van der Waals surface area contributed by atoms with Gasteiger partial charge in [0.05, 0.1) is 0 Å². The number of aryl methyl sites for hydroxylation is 2. The zero-order chi connectivity index (χ0) is 20.3. The zero-order valence-electron chi connectivity index (χ0n) is 16.3. The third-order valence-corrected chi connectivity index (χ3v) is 7.56. The van der Waals surface area contributed by atoms with Crippen LogP contribution < -0.4 is 0 Å². The van der Waals surface area contributed by atoms with Crippen LogP contribution in [0.4, 0.5) is 0 Å². The maximum absolute atomic E-state index is 13.0. The molecule has 1 aromatic carbocycles. The first-order valence-corrected chi connectivity index (χ1v) is 12.0. The third kappa shape index (κ3) is 4.26. The Hall–Kier alpha value is -1.84. The molecule has 0 spiro atoms. The zero-order valence-corrected chi connectivity index (χ0v) is 18.0. The molecule has 0 aliphatic carbocycles. The van der Waals surface area contributed by atoms with Gasteiger partial charge in [0.25, 0.3) is 5.91 Å². The summed E-state index contributed by atoms with van der Waals surface area (Å²) in [7, 11) is -3.69. The van der Waals surface area contributed by atoms with Gasteiger partial charge in [-0.15, -0.1) is 0 Å². The van der Waals surface area contributed by atoms with Crippen LogP contribution in [0.25, 0.3) is 0 Å². The summed E-state index contributed by atoms with van der Waals surface area (Å²) in [5.41, 5.74) is 2.12. The molecule has 0 atom stereocenters. The number of hydrogen-bond donors (Lipinski definition) is 0. The third-order valence-electron chi connectivity index (χ3n) is 4.79. The molecular formula is C19H25N3O4S2. The van der Waals surface area contributed by atoms with Crippen molar-refractivity contribution in [2.24, 2.45) is 0 Å². The van der Waals surface area contributed by atoms with Gasteiger partial charge in [0.15, 0.2) is 5.76 Å². The molecule has 1 aliphatic rings. The van der Waals surface area contributed by atoms with Crippen molar-refractivity contribution >= 4 is 27.7 Å². The molecule has 0 unspecified atom stereocenters. The van der Waals surface area contributed by atoms with Gasteiger partial charge < -0.3 is 9.42 Å². The lowest BCUT2D eigenvalue weighted by molar-refractivity contribution is 0.0764. The Morgan fingerprint density at radius 3 is 2.68 bits per heavy atom. The summed E-state index contributed by atoms with van der Waals surface area (Å²) in [4.78, 5) is 14.8. The Balaban J connectivity index is 1.75. The molecule has 1 saturated heterocycles. The first kappa shape index (κ1) is 20.9. The second kappa shape index (κ2) is 8.67. The van der Waals surface area contributed by atoms with Crippen molar-refractivity contribution in [3.63, 3.8) is 0 Å². The van der Waals surface area contributed by atoms with Crippen LogP contribution in [0.1, 0.15) is 33.8 Å². The number of carbonyl (C=O) groups is 1. The monoisotopic (exact) mass is 423 g/mol. The molecule has 0 N–H and O–H groups in total. The van der Waals surface area contributed by atoms with Crippen molar-refractivity contribution in [3.8, 4) is 0 Å². The fourth-order valence-electron chi connectivity index (χ4n) is 3.45. The lowest BCUT2D eigenvalue weighted by Gasteiger charge is -2.22. The Kier molecular flexibility index (Phi) is 6.47. The Bertz CT molecular complexity index is 936. The van der Waals surface area contributed by atoms with Crippen LogP contribution in [0.15, 0.2) is 33.7 Å². The van der Waals surface area contributed by atoms with Crippen LogP contribution in [0.3, 0.4) is 0 Å². The molecule has 7 nitrogen and oxygen atoms in total. The molecule has 1 aliphatic heterocycles. The Labute approximate surface area is 170 Å². The van der Waals surface area contributed by atoms with Crippen LogP contribution in [0.5, 0.6) is 0 Å². The molecule has 9 heteroatoms. The van der Waals surface area contributed by atoms with Crippen molar-refractivity contribution in [2.45, 2.75) is 30.9 Å². The number of hydrogen-bond acceptors (Lipinski definition) is 6. The van der Waals surface area contributed by atoms with Crippen molar-refractivity contribution in [1.82, 2.24) is 14.4 Å². The Morgan fingerprint density at radius 2 is 2.00 bits per heavy atom. The van der Waals surface area contributed by atoms with Gasteiger partial charge in [0, 0.05) is 37.5 Å². The molecule has 2 heterocycles. The Morgan fingerprint density at radius 1 is 1.21 bits per heavy atom. The highest BCUT2D eigenvalue weighted by molar-refractivity contribution is 7.97. The van der Waals surface area contributed by atoms with E-state index in [2.05, 4.69) is 5.16 Å². The molecule has 3 rings (SSSR count). The molecule has 1 fully saturated rings. The van der Waals surface area contributed by atoms with Crippen LogP contribution in [-0.2, 0) is 15.8 Å². The normalized spacial score (nSPS) is 16.2. The van der Waals surface area contributed by atoms with Crippen molar-refractivity contribution in [1.29, 1.82) is 0 Å². The minimum Gasteiger partial charge on any atom is -0.360 e. The minimum atomic E-state index is -3.69. The second-order valence-corrected chi connectivity index (χ2v) is 9.58. The van der Waals surface area contributed by atoms with Crippen molar-refractivity contribution in [3.05, 3.63) is 46.8 Å². The van der Waals surface area contributed by atoms with E-state index in [1.54, 1.807) is 30.5 Å². The topological polar surface area (TPSA) is 83.7 Å². The van der Waals surface area contributed by atoms with Gasteiger partial charge in [-0.2, -0.15) is 16.1 Å². The van der Waals surface area contributed by atoms with Crippen LogP contribution in [-0.4, -0.2) is 61.1 Å². The summed E-state index contributed by atoms with van der Waals surface area (Å²) in [5.74, 6) is 1.09. The number of carbonyl (C=O) groups excluding carboxylic acids is 1. The molecule has 152 valence electrons. The molecule has 2 aromatic rings. The number of rotatable bonds is 5. The number of benzene rings is 1. The highest BCUT2D eigenvalue weighted by Crippen LogP contribution is 2.24. The van der Waals surface area contributed by atoms with Crippen molar-refractivity contribution in [2.75, 3.05) is 32.4 Å². The van der Waals surface area contributed by atoms with E-state index in [-0.39, 0.29) is 17.3 Å². The number of thioether (sulfide) groups is 1. The van der Waals surface area contributed by atoms with E-state index in [0.717, 1.165) is 11.3 Å². The highest BCUT2D eigenvalue weighted by atomic mass is 32.2. The van der Waals surface area contributed by atoms with Gasteiger partial charge >= 0.3 is 0 Å². The standard InChI is InChI=1S/C19H25N3O4S2/c1-14-18(15(2)26-20-14)28(24,25)22-9-5-8-21(10-11-22)19(23)17-7-4-6-16(12-17)13-27-3/h4,6-7,12H,5,8-11,13H2,1-3H3. The van der Waals surface area contributed by atoms with E-state index < -0.39 is 10.0 Å². The average molecular weight is 424 g/mol. The van der Waals surface area contributed by atoms with Gasteiger partial charge in [-0.05, 0) is 44.2 Å². The minimum absolute atomic E-state index is 0.0560. The second-order valence-electron chi connectivity index (χ2n) is 6.84. The van der Waals surface area contributed by atoms with Crippen LogP contribution in [0, 0.1) is 13.8 Å². The largest absolute Gasteiger partial charge is 0.360 e. The predicted molar refractivity (Wildman–Crippen MR) is 109 cm³/mol. The SMILES string of the molecule is CSCc1cccc(C(=O)N2CCCN(S(=O)(=O)c3c(C)noc3C)CC2)c1.